The highest BCUT2D eigenvalue weighted by atomic mass is 15.4. The molecular formula is C13H19N5. The first-order valence-corrected chi connectivity index (χ1v) is 6.10. The number of hydrogen-bond donors (Lipinski definition) is 1. The normalized spacial score (nSPS) is 10.9. The van der Waals surface area contributed by atoms with Crippen LogP contribution in [0.15, 0.2) is 6.07 Å². The van der Waals surface area contributed by atoms with E-state index in [1.54, 1.807) is 4.68 Å². The zero-order valence-electron chi connectivity index (χ0n) is 11.4. The SMILES string of the molecule is Cc1cc(C)nc(-n2nc(C)c(CCN)c2C)n1. The van der Waals surface area contributed by atoms with Crippen LogP contribution in [0.3, 0.4) is 0 Å². The molecule has 0 spiro atoms. The molecule has 96 valence electrons. The third kappa shape index (κ3) is 2.26. The van der Waals surface area contributed by atoms with Gasteiger partial charge < -0.3 is 5.73 Å². The van der Waals surface area contributed by atoms with Crippen molar-refractivity contribution in [3.8, 4) is 5.95 Å². The van der Waals surface area contributed by atoms with Gasteiger partial charge in [-0.2, -0.15) is 5.10 Å². The minimum Gasteiger partial charge on any atom is -0.330 e. The van der Waals surface area contributed by atoms with Gasteiger partial charge in [-0.25, -0.2) is 14.6 Å². The Morgan fingerprint density at radius 2 is 1.72 bits per heavy atom. The van der Waals surface area contributed by atoms with Crippen molar-refractivity contribution in [2.45, 2.75) is 34.1 Å². The summed E-state index contributed by atoms with van der Waals surface area (Å²) in [5.41, 5.74) is 10.8. The summed E-state index contributed by atoms with van der Waals surface area (Å²) in [6.07, 6.45) is 0.836. The van der Waals surface area contributed by atoms with Crippen molar-refractivity contribution >= 4 is 0 Å². The topological polar surface area (TPSA) is 69.6 Å². The molecular weight excluding hydrogens is 226 g/mol. The number of aromatic nitrogens is 4. The Kier molecular flexibility index (Phi) is 3.43. The molecule has 2 N–H and O–H groups in total. The van der Waals surface area contributed by atoms with Crippen LogP contribution in [0, 0.1) is 27.7 Å². The summed E-state index contributed by atoms with van der Waals surface area (Å²) >= 11 is 0. The Morgan fingerprint density at radius 1 is 1.11 bits per heavy atom. The lowest BCUT2D eigenvalue weighted by atomic mass is 10.1. The molecule has 2 heterocycles. The Labute approximate surface area is 107 Å². The van der Waals surface area contributed by atoms with Crippen LogP contribution in [0.4, 0.5) is 0 Å². The maximum atomic E-state index is 5.63. The summed E-state index contributed by atoms with van der Waals surface area (Å²) in [5.74, 6) is 0.636. The van der Waals surface area contributed by atoms with Gasteiger partial charge in [0.05, 0.1) is 5.69 Å². The molecule has 0 bridgehead atoms. The van der Waals surface area contributed by atoms with Gasteiger partial charge in [0.15, 0.2) is 0 Å². The monoisotopic (exact) mass is 245 g/mol. The number of nitrogens with two attached hydrogens (primary N) is 1. The van der Waals surface area contributed by atoms with E-state index in [0.29, 0.717) is 12.5 Å². The molecule has 0 aliphatic heterocycles. The second-order valence-corrected chi connectivity index (χ2v) is 4.55. The zero-order chi connectivity index (χ0) is 13.3. The Bertz CT molecular complexity index is 551. The summed E-state index contributed by atoms with van der Waals surface area (Å²) in [6, 6.07) is 1.95. The smallest absolute Gasteiger partial charge is 0.251 e. The lowest BCUT2D eigenvalue weighted by molar-refractivity contribution is 0.761. The van der Waals surface area contributed by atoms with Crippen molar-refractivity contribution in [3.63, 3.8) is 0 Å². The van der Waals surface area contributed by atoms with Crippen molar-refractivity contribution in [1.29, 1.82) is 0 Å². The van der Waals surface area contributed by atoms with Crippen molar-refractivity contribution in [1.82, 2.24) is 19.7 Å². The molecule has 2 aromatic heterocycles. The third-order valence-electron chi connectivity index (χ3n) is 3.00. The number of nitrogens with zero attached hydrogens (tertiary/aromatic N) is 4. The summed E-state index contributed by atoms with van der Waals surface area (Å²) in [4.78, 5) is 8.88. The molecule has 0 fully saturated rings. The van der Waals surface area contributed by atoms with Gasteiger partial charge in [-0.1, -0.05) is 0 Å². The Balaban J connectivity index is 2.54. The molecule has 0 unspecified atom stereocenters. The van der Waals surface area contributed by atoms with Crippen LogP contribution in [-0.4, -0.2) is 26.3 Å². The summed E-state index contributed by atoms with van der Waals surface area (Å²) in [6.45, 7) is 8.58. The van der Waals surface area contributed by atoms with Crippen LogP contribution in [0.5, 0.6) is 0 Å². The quantitative estimate of drug-likeness (QED) is 0.887. The van der Waals surface area contributed by atoms with Crippen LogP contribution in [0.1, 0.15) is 28.3 Å². The van der Waals surface area contributed by atoms with Gasteiger partial charge in [0.1, 0.15) is 0 Å². The fraction of sp³-hybridized carbons (Fsp3) is 0.462. The molecule has 0 amide bonds. The third-order valence-corrected chi connectivity index (χ3v) is 3.00. The predicted octanol–water partition coefficient (Wildman–Crippen LogP) is 1.40. The van der Waals surface area contributed by atoms with Gasteiger partial charge in [-0.05, 0) is 52.3 Å². The number of rotatable bonds is 3. The molecule has 0 aromatic carbocycles. The van der Waals surface area contributed by atoms with Crippen molar-refractivity contribution < 1.29 is 0 Å². The van der Waals surface area contributed by atoms with E-state index in [1.807, 2.05) is 33.8 Å². The van der Waals surface area contributed by atoms with Crippen LogP contribution in [-0.2, 0) is 6.42 Å². The van der Waals surface area contributed by atoms with Crippen LogP contribution >= 0.6 is 0 Å². The Hall–Kier alpha value is -1.75. The van der Waals surface area contributed by atoms with E-state index in [2.05, 4.69) is 15.1 Å². The van der Waals surface area contributed by atoms with Gasteiger partial charge in [-0.3, -0.25) is 0 Å². The van der Waals surface area contributed by atoms with E-state index in [1.165, 1.54) is 5.56 Å². The largest absolute Gasteiger partial charge is 0.330 e. The first-order valence-electron chi connectivity index (χ1n) is 6.10. The molecule has 0 aliphatic rings. The average Bonchev–Trinajstić information content (AvgIpc) is 2.56. The van der Waals surface area contributed by atoms with E-state index in [4.69, 9.17) is 5.73 Å². The summed E-state index contributed by atoms with van der Waals surface area (Å²) in [5, 5.41) is 4.52. The van der Waals surface area contributed by atoms with E-state index in [-0.39, 0.29) is 0 Å². The lowest BCUT2D eigenvalue weighted by Crippen LogP contribution is -2.08. The molecule has 2 aromatic rings. The van der Waals surface area contributed by atoms with E-state index in [9.17, 15) is 0 Å². The maximum Gasteiger partial charge on any atom is 0.251 e. The molecule has 0 atom stereocenters. The minimum atomic E-state index is 0.626. The molecule has 2 rings (SSSR count). The van der Waals surface area contributed by atoms with E-state index in [0.717, 1.165) is 29.2 Å². The fourth-order valence-corrected chi connectivity index (χ4v) is 2.18. The lowest BCUT2D eigenvalue weighted by Gasteiger charge is -2.05. The van der Waals surface area contributed by atoms with E-state index < -0.39 is 0 Å². The molecule has 5 heteroatoms. The highest BCUT2D eigenvalue weighted by Gasteiger charge is 2.14. The van der Waals surface area contributed by atoms with Gasteiger partial charge in [-0.15, -0.1) is 0 Å². The second kappa shape index (κ2) is 4.86. The van der Waals surface area contributed by atoms with Crippen LogP contribution in [0.2, 0.25) is 0 Å². The first kappa shape index (κ1) is 12.7. The molecule has 0 saturated carbocycles. The van der Waals surface area contributed by atoms with Crippen LogP contribution in [0.25, 0.3) is 5.95 Å². The van der Waals surface area contributed by atoms with Crippen molar-refractivity contribution in [3.05, 3.63) is 34.4 Å². The highest BCUT2D eigenvalue weighted by molar-refractivity contribution is 5.30. The van der Waals surface area contributed by atoms with Gasteiger partial charge >= 0.3 is 0 Å². The predicted molar refractivity (Wildman–Crippen MR) is 70.9 cm³/mol. The number of aryl methyl sites for hydroxylation is 3. The summed E-state index contributed by atoms with van der Waals surface area (Å²) < 4.78 is 1.81. The molecule has 0 saturated heterocycles. The maximum absolute atomic E-state index is 5.63. The van der Waals surface area contributed by atoms with Crippen LogP contribution < -0.4 is 5.73 Å². The highest BCUT2D eigenvalue weighted by Crippen LogP contribution is 2.16. The molecule has 5 nitrogen and oxygen atoms in total. The van der Waals surface area contributed by atoms with Gasteiger partial charge in [0, 0.05) is 17.1 Å². The fourth-order valence-electron chi connectivity index (χ4n) is 2.18. The van der Waals surface area contributed by atoms with Crippen molar-refractivity contribution in [2.75, 3.05) is 6.54 Å². The van der Waals surface area contributed by atoms with Crippen molar-refractivity contribution in [2.24, 2.45) is 5.73 Å². The molecule has 0 aliphatic carbocycles. The van der Waals surface area contributed by atoms with E-state index >= 15 is 0 Å². The first-order chi connectivity index (χ1) is 8.52. The number of hydrogen-bond acceptors (Lipinski definition) is 4. The standard InChI is InChI=1S/C13H19N5/c1-8-7-9(2)16-13(15-8)18-11(4)12(5-6-14)10(3)17-18/h7H,5-6,14H2,1-4H3. The average molecular weight is 245 g/mol. The minimum absolute atomic E-state index is 0.626. The summed E-state index contributed by atoms with van der Waals surface area (Å²) in [7, 11) is 0. The Morgan fingerprint density at radius 3 is 2.28 bits per heavy atom. The van der Waals surface area contributed by atoms with Gasteiger partial charge in [0.2, 0.25) is 0 Å². The van der Waals surface area contributed by atoms with Gasteiger partial charge in [0.25, 0.3) is 5.95 Å². The zero-order valence-corrected chi connectivity index (χ0v) is 11.4. The molecule has 0 radical (unpaired) electrons. The molecule has 18 heavy (non-hydrogen) atoms. The second-order valence-electron chi connectivity index (χ2n) is 4.55.